The zero-order valence-electron chi connectivity index (χ0n) is 6.37. The van der Waals surface area contributed by atoms with Gasteiger partial charge >= 0.3 is 0 Å². The number of aliphatic hydroxyl groups excluding tert-OH is 2. The lowest BCUT2D eigenvalue weighted by Crippen LogP contribution is -1.98. The Morgan fingerprint density at radius 2 is 1.85 bits per heavy atom. The molecule has 5 heteroatoms. The van der Waals surface area contributed by atoms with E-state index in [4.69, 9.17) is 10.2 Å². The van der Waals surface area contributed by atoms with Crippen molar-refractivity contribution in [3.63, 3.8) is 0 Å². The molecule has 1 aliphatic heterocycles. The molecule has 0 amide bonds. The fourth-order valence-corrected chi connectivity index (χ4v) is 1.31. The molecule has 2 unspecified atom stereocenters. The smallest absolute Gasteiger partial charge is 0.188 e. The third-order valence-corrected chi connectivity index (χ3v) is 1.94. The Hall–Kier alpha value is -1.04. The predicted octanol–water partition coefficient (Wildman–Crippen LogP) is 0.977. The molecule has 1 aromatic rings. The topological polar surface area (TPSA) is 49.7 Å². The number of hydrogen-bond acceptors (Lipinski definition) is 3. The standard InChI is InChI=1S/C8H6F2O3/c9-4-2-1-3-5(6(4)10)8(12)13-7(3)11/h1-2,7-8,11-12H. The van der Waals surface area contributed by atoms with Crippen molar-refractivity contribution >= 4 is 0 Å². The number of ether oxygens (including phenoxy) is 1. The number of rotatable bonds is 0. The van der Waals surface area contributed by atoms with Crippen molar-refractivity contribution in [1.29, 1.82) is 0 Å². The second-order valence-electron chi connectivity index (χ2n) is 2.71. The van der Waals surface area contributed by atoms with Gasteiger partial charge in [0, 0.05) is 5.56 Å². The van der Waals surface area contributed by atoms with Gasteiger partial charge in [-0.1, -0.05) is 6.07 Å². The largest absolute Gasteiger partial charge is 0.364 e. The van der Waals surface area contributed by atoms with Crippen LogP contribution in [0, 0.1) is 11.6 Å². The number of fused-ring (bicyclic) bond motifs is 1. The van der Waals surface area contributed by atoms with Crippen LogP contribution in [0.2, 0.25) is 0 Å². The Morgan fingerprint density at radius 3 is 2.54 bits per heavy atom. The summed E-state index contributed by atoms with van der Waals surface area (Å²) >= 11 is 0. The molecule has 2 atom stereocenters. The van der Waals surface area contributed by atoms with Gasteiger partial charge < -0.3 is 14.9 Å². The second-order valence-corrected chi connectivity index (χ2v) is 2.71. The Kier molecular flexibility index (Phi) is 1.80. The van der Waals surface area contributed by atoms with Crippen molar-refractivity contribution in [3.8, 4) is 0 Å². The highest BCUT2D eigenvalue weighted by atomic mass is 19.2. The molecule has 0 spiro atoms. The van der Waals surface area contributed by atoms with Crippen LogP contribution >= 0.6 is 0 Å². The summed E-state index contributed by atoms with van der Waals surface area (Å²) in [5.74, 6) is -2.25. The number of benzene rings is 1. The summed E-state index contributed by atoms with van der Waals surface area (Å²) in [4.78, 5) is 0. The Morgan fingerprint density at radius 1 is 1.15 bits per heavy atom. The number of aliphatic hydroxyl groups is 2. The van der Waals surface area contributed by atoms with E-state index in [1.807, 2.05) is 0 Å². The van der Waals surface area contributed by atoms with Crippen molar-refractivity contribution in [2.75, 3.05) is 0 Å². The van der Waals surface area contributed by atoms with Crippen molar-refractivity contribution in [3.05, 3.63) is 34.9 Å². The number of halogens is 2. The summed E-state index contributed by atoms with van der Waals surface area (Å²) in [5, 5.41) is 18.2. The first kappa shape index (κ1) is 8.55. The molecule has 3 nitrogen and oxygen atoms in total. The van der Waals surface area contributed by atoms with Gasteiger partial charge in [-0.3, -0.25) is 0 Å². The molecule has 0 saturated carbocycles. The van der Waals surface area contributed by atoms with Crippen LogP contribution in [-0.4, -0.2) is 10.2 Å². The average molecular weight is 188 g/mol. The summed E-state index contributed by atoms with van der Waals surface area (Å²) in [6.07, 6.45) is -2.99. The Bertz CT molecular complexity index is 353. The molecule has 0 aromatic heterocycles. The van der Waals surface area contributed by atoms with Crippen LogP contribution in [0.1, 0.15) is 23.7 Å². The van der Waals surface area contributed by atoms with E-state index in [0.29, 0.717) is 0 Å². The van der Waals surface area contributed by atoms with E-state index in [1.165, 1.54) is 6.07 Å². The van der Waals surface area contributed by atoms with E-state index in [-0.39, 0.29) is 11.1 Å². The van der Waals surface area contributed by atoms with Crippen LogP contribution in [0.5, 0.6) is 0 Å². The summed E-state index contributed by atoms with van der Waals surface area (Å²) in [5.41, 5.74) is -0.265. The van der Waals surface area contributed by atoms with Crippen LogP contribution < -0.4 is 0 Å². The molecule has 70 valence electrons. The molecular weight excluding hydrogens is 182 g/mol. The van der Waals surface area contributed by atoms with Gasteiger partial charge in [-0.25, -0.2) is 8.78 Å². The van der Waals surface area contributed by atoms with Gasteiger partial charge in [0.25, 0.3) is 0 Å². The van der Waals surface area contributed by atoms with E-state index >= 15 is 0 Å². The molecule has 1 heterocycles. The predicted molar refractivity (Wildman–Crippen MR) is 37.4 cm³/mol. The molecule has 2 N–H and O–H groups in total. The second kappa shape index (κ2) is 2.73. The molecule has 0 aliphatic carbocycles. The fraction of sp³-hybridized carbons (Fsp3) is 0.250. The molecule has 0 bridgehead atoms. The molecule has 2 rings (SSSR count). The van der Waals surface area contributed by atoms with Crippen LogP contribution in [0.25, 0.3) is 0 Å². The lowest BCUT2D eigenvalue weighted by Gasteiger charge is -2.02. The van der Waals surface area contributed by atoms with Crippen LogP contribution in [-0.2, 0) is 4.74 Å². The van der Waals surface area contributed by atoms with Gasteiger partial charge in [0.1, 0.15) is 0 Å². The van der Waals surface area contributed by atoms with E-state index in [9.17, 15) is 8.78 Å². The highest BCUT2D eigenvalue weighted by Crippen LogP contribution is 2.37. The first-order valence-corrected chi connectivity index (χ1v) is 3.60. The van der Waals surface area contributed by atoms with E-state index in [2.05, 4.69) is 4.74 Å². The third kappa shape index (κ3) is 1.13. The lowest BCUT2D eigenvalue weighted by molar-refractivity contribution is -0.194. The maximum atomic E-state index is 13.0. The van der Waals surface area contributed by atoms with Crippen molar-refractivity contribution in [1.82, 2.24) is 0 Å². The number of hydrogen-bond donors (Lipinski definition) is 2. The minimum Gasteiger partial charge on any atom is -0.364 e. The highest BCUT2D eigenvalue weighted by Gasteiger charge is 2.33. The van der Waals surface area contributed by atoms with Crippen LogP contribution in [0.3, 0.4) is 0 Å². The SMILES string of the molecule is OC1OC(O)c2c1ccc(F)c2F. The first-order valence-electron chi connectivity index (χ1n) is 3.60. The summed E-state index contributed by atoms with van der Waals surface area (Å²) in [7, 11) is 0. The lowest BCUT2D eigenvalue weighted by atomic mass is 10.1. The van der Waals surface area contributed by atoms with E-state index in [1.54, 1.807) is 0 Å². The van der Waals surface area contributed by atoms with Crippen LogP contribution in [0.4, 0.5) is 8.78 Å². The van der Waals surface area contributed by atoms with Gasteiger partial charge in [0.2, 0.25) is 0 Å². The van der Waals surface area contributed by atoms with Gasteiger partial charge in [0.15, 0.2) is 24.2 Å². The molecule has 0 saturated heterocycles. The quantitative estimate of drug-likeness (QED) is 0.638. The molecule has 1 aromatic carbocycles. The van der Waals surface area contributed by atoms with Crippen molar-refractivity contribution < 1.29 is 23.7 Å². The van der Waals surface area contributed by atoms with Gasteiger partial charge in [0.05, 0.1) is 5.56 Å². The molecule has 0 radical (unpaired) electrons. The van der Waals surface area contributed by atoms with Gasteiger partial charge in [-0.05, 0) is 6.07 Å². The van der Waals surface area contributed by atoms with Crippen LogP contribution in [0.15, 0.2) is 12.1 Å². The maximum Gasteiger partial charge on any atom is 0.188 e. The summed E-state index contributed by atoms with van der Waals surface area (Å²) < 4.78 is 30.1. The Labute approximate surface area is 72.2 Å². The molecule has 0 fully saturated rings. The summed E-state index contributed by atoms with van der Waals surface area (Å²) in [6.45, 7) is 0. The van der Waals surface area contributed by atoms with Gasteiger partial charge in [-0.2, -0.15) is 0 Å². The van der Waals surface area contributed by atoms with E-state index < -0.39 is 24.2 Å². The van der Waals surface area contributed by atoms with Crippen molar-refractivity contribution in [2.45, 2.75) is 12.6 Å². The normalized spacial score (nSPS) is 26.2. The zero-order chi connectivity index (χ0) is 9.59. The fourth-order valence-electron chi connectivity index (χ4n) is 1.31. The Balaban J connectivity index is 2.64. The zero-order valence-corrected chi connectivity index (χ0v) is 6.37. The average Bonchev–Trinajstić information content (AvgIpc) is 2.35. The molecular formula is C8H6F2O3. The van der Waals surface area contributed by atoms with E-state index in [0.717, 1.165) is 6.07 Å². The minimum atomic E-state index is -1.60. The first-order chi connectivity index (χ1) is 6.11. The van der Waals surface area contributed by atoms with Gasteiger partial charge in [-0.15, -0.1) is 0 Å². The summed E-state index contributed by atoms with van der Waals surface area (Å²) in [6, 6.07) is 2.05. The monoisotopic (exact) mass is 188 g/mol. The molecule has 13 heavy (non-hydrogen) atoms. The molecule has 1 aliphatic rings. The minimum absolute atomic E-state index is 0.0615. The van der Waals surface area contributed by atoms with Crippen molar-refractivity contribution in [2.24, 2.45) is 0 Å². The highest BCUT2D eigenvalue weighted by molar-refractivity contribution is 5.34. The third-order valence-electron chi connectivity index (χ3n) is 1.94. The maximum absolute atomic E-state index is 13.0.